The van der Waals surface area contributed by atoms with Crippen LogP contribution in [-0.2, 0) is 0 Å². The predicted molar refractivity (Wildman–Crippen MR) is 136 cm³/mol. The summed E-state index contributed by atoms with van der Waals surface area (Å²) < 4.78 is 10.7. The van der Waals surface area contributed by atoms with Crippen LogP contribution in [0.1, 0.15) is 28.9 Å². The lowest BCUT2D eigenvalue weighted by atomic mass is 9.87. The molecule has 0 saturated carbocycles. The number of thioether (sulfide) groups is 1. The van der Waals surface area contributed by atoms with E-state index >= 15 is 0 Å². The van der Waals surface area contributed by atoms with Crippen LogP contribution in [0.25, 0.3) is 0 Å². The molecular formula is C27H28N2O4S. The third-order valence-electron chi connectivity index (χ3n) is 6.69. The van der Waals surface area contributed by atoms with E-state index in [0.29, 0.717) is 17.1 Å². The van der Waals surface area contributed by atoms with Gasteiger partial charge in [0.25, 0.3) is 5.91 Å². The van der Waals surface area contributed by atoms with E-state index in [1.807, 2.05) is 55.1 Å². The Kier molecular flexibility index (Phi) is 6.15. The number of rotatable bonds is 4. The van der Waals surface area contributed by atoms with Crippen LogP contribution in [0.5, 0.6) is 11.5 Å². The minimum atomic E-state index is -0.768. The van der Waals surface area contributed by atoms with E-state index in [1.165, 1.54) is 4.90 Å². The second-order valence-electron chi connectivity index (χ2n) is 8.49. The molecule has 3 aromatic rings. The van der Waals surface area contributed by atoms with Gasteiger partial charge in [0, 0.05) is 34.0 Å². The number of carbonyl (C=O) groups is 1. The molecule has 0 saturated heterocycles. The Balaban J connectivity index is 1.57. The van der Waals surface area contributed by atoms with Gasteiger partial charge in [-0.05, 0) is 43.3 Å². The molecule has 2 aliphatic rings. The standard InChI is InChI=1S/C27H28N2O4S/c1-17-26(30)25(28-14-15-34-24-11-7-6-10-21(24)28)19-8-4-5-9-20(19)29(17)27(31)18-12-13-22(32-2)23(16-18)33-3/h4-13,16-17,25-26,30H,14-15H2,1-3H3. The molecule has 3 aromatic carbocycles. The zero-order chi connectivity index (χ0) is 23.8. The number of methoxy groups -OCH3 is 2. The Morgan fingerprint density at radius 3 is 2.44 bits per heavy atom. The normalized spacial score (nSPS) is 21.5. The molecule has 176 valence electrons. The van der Waals surface area contributed by atoms with Gasteiger partial charge in [-0.1, -0.05) is 30.3 Å². The summed E-state index contributed by atoms with van der Waals surface area (Å²) in [6, 6.07) is 20.7. The molecule has 2 heterocycles. The third kappa shape index (κ3) is 3.69. The van der Waals surface area contributed by atoms with E-state index in [2.05, 4.69) is 17.0 Å². The Labute approximate surface area is 204 Å². The van der Waals surface area contributed by atoms with Crippen molar-refractivity contribution >= 4 is 29.0 Å². The largest absolute Gasteiger partial charge is 0.493 e. The smallest absolute Gasteiger partial charge is 0.258 e. The number of aliphatic hydroxyl groups is 1. The molecule has 0 bridgehead atoms. The Morgan fingerprint density at radius 2 is 1.68 bits per heavy atom. The molecule has 0 spiro atoms. The van der Waals surface area contributed by atoms with Crippen molar-refractivity contribution in [1.29, 1.82) is 0 Å². The maximum Gasteiger partial charge on any atom is 0.258 e. The van der Waals surface area contributed by atoms with Gasteiger partial charge in [-0.25, -0.2) is 0 Å². The predicted octanol–water partition coefficient (Wildman–Crippen LogP) is 4.77. The van der Waals surface area contributed by atoms with Crippen LogP contribution in [0.4, 0.5) is 11.4 Å². The SMILES string of the molecule is COc1ccc(C(=O)N2c3ccccc3C(N3CCSc4ccccc43)C(O)C2C)cc1OC. The first-order valence-electron chi connectivity index (χ1n) is 11.4. The maximum absolute atomic E-state index is 13.8. The second-order valence-corrected chi connectivity index (χ2v) is 9.63. The molecule has 7 heteroatoms. The molecule has 3 unspecified atom stereocenters. The summed E-state index contributed by atoms with van der Waals surface area (Å²) in [6.07, 6.45) is -0.768. The van der Waals surface area contributed by atoms with Crippen LogP contribution in [-0.4, -0.2) is 49.7 Å². The van der Waals surface area contributed by atoms with Gasteiger partial charge in [0.05, 0.1) is 38.1 Å². The number of nitrogens with zero attached hydrogens (tertiary/aromatic N) is 2. The molecule has 0 radical (unpaired) electrons. The van der Waals surface area contributed by atoms with Crippen molar-refractivity contribution in [3.63, 3.8) is 0 Å². The molecule has 5 rings (SSSR count). The van der Waals surface area contributed by atoms with Crippen molar-refractivity contribution < 1.29 is 19.4 Å². The summed E-state index contributed by atoms with van der Waals surface area (Å²) >= 11 is 1.84. The first-order valence-corrected chi connectivity index (χ1v) is 12.3. The van der Waals surface area contributed by atoms with Gasteiger partial charge in [-0.3, -0.25) is 4.79 Å². The van der Waals surface area contributed by atoms with Gasteiger partial charge in [0.15, 0.2) is 11.5 Å². The summed E-state index contributed by atoms with van der Waals surface area (Å²) in [5.41, 5.74) is 3.37. The van der Waals surface area contributed by atoms with Crippen molar-refractivity contribution in [2.45, 2.75) is 30.0 Å². The van der Waals surface area contributed by atoms with Crippen LogP contribution in [0.15, 0.2) is 71.6 Å². The van der Waals surface area contributed by atoms with Gasteiger partial charge in [0.2, 0.25) is 0 Å². The number of aliphatic hydroxyl groups excluding tert-OH is 1. The van der Waals surface area contributed by atoms with Crippen molar-refractivity contribution in [1.82, 2.24) is 0 Å². The number of anilines is 2. The number of carbonyl (C=O) groups excluding carboxylic acids is 1. The first kappa shape index (κ1) is 22.6. The lowest BCUT2D eigenvalue weighted by molar-refractivity contribution is 0.0837. The Bertz CT molecular complexity index is 1220. The monoisotopic (exact) mass is 476 g/mol. The quantitative estimate of drug-likeness (QED) is 0.586. The van der Waals surface area contributed by atoms with Crippen LogP contribution in [0, 0.1) is 0 Å². The number of hydrogen-bond acceptors (Lipinski definition) is 6. The van der Waals surface area contributed by atoms with Crippen molar-refractivity contribution in [2.24, 2.45) is 0 Å². The van der Waals surface area contributed by atoms with Crippen molar-refractivity contribution in [3.8, 4) is 11.5 Å². The average molecular weight is 477 g/mol. The topological polar surface area (TPSA) is 62.2 Å². The van der Waals surface area contributed by atoms with E-state index in [9.17, 15) is 9.90 Å². The van der Waals surface area contributed by atoms with E-state index in [0.717, 1.165) is 29.2 Å². The maximum atomic E-state index is 13.8. The highest BCUT2D eigenvalue weighted by molar-refractivity contribution is 7.99. The molecule has 2 aliphatic heterocycles. The van der Waals surface area contributed by atoms with Gasteiger partial charge in [-0.15, -0.1) is 11.8 Å². The number of hydrogen-bond donors (Lipinski definition) is 1. The highest BCUT2D eigenvalue weighted by Gasteiger charge is 2.44. The van der Waals surface area contributed by atoms with E-state index in [-0.39, 0.29) is 11.9 Å². The zero-order valence-corrected chi connectivity index (χ0v) is 20.3. The molecule has 34 heavy (non-hydrogen) atoms. The number of amides is 1. The van der Waals surface area contributed by atoms with Crippen LogP contribution < -0.4 is 19.3 Å². The highest BCUT2D eigenvalue weighted by Crippen LogP contribution is 2.46. The minimum Gasteiger partial charge on any atom is -0.493 e. The van der Waals surface area contributed by atoms with E-state index in [1.54, 1.807) is 37.3 Å². The first-order chi connectivity index (χ1) is 16.5. The fourth-order valence-electron chi connectivity index (χ4n) is 5.01. The van der Waals surface area contributed by atoms with Crippen LogP contribution >= 0.6 is 11.8 Å². The molecule has 1 amide bonds. The number of benzene rings is 3. The van der Waals surface area contributed by atoms with Crippen molar-refractivity contribution in [2.75, 3.05) is 36.3 Å². The van der Waals surface area contributed by atoms with Crippen LogP contribution in [0.3, 0.4) is 0 Å². The summed E-state index contributed by atoms with van der Waals surface area (Å²) in [5.74, 6) is 1.82. The highest BCUT2D eigenvalue weighted by atomic mass is 32.2. The molecule has 1 N–H and O–H groups in total. The summed E-state index contributed by atoms with van der Waals surface area (Å²) in [4.78, 5) is 19.0. The number of ether oxygens (including phenoxy) is 2. The third-order valence-corrected chi connectivity index (χ3v) is 7.73. The van der Waals surface area contributed by atoms with Gasteiger partial charge in [0.1, 0.15) is 0 Å². The molecule has 0 aliphatic carbocycles. The number of fused-ring (bicyclic) bond motifs is 2. The average Bonchev–Trinajstić information content (AvgIpc) is 2.88. The van der Waals surface area contributed by atoms with Gasteiger partial charge < -0.3 is 24.4 Å². The molecule has 0 aromatic heterocycles. The van der Waals surface area contributed by atoms with E-state index in [4.69, 9.17) is 9.47 Å². The lowest BCUT2D eigenvalue weighted by Crippen LogP contribution is -2.55. The molecule has 3 atom stereocenters. The Morgan fingerprint density at radius 1 is 0.971 bits per heavy atom. The Hall–Kier alpha value is -3.16. The fourth-order valence-corrected chi connectivity index (χ4v) is 6.03. The summed E-state index contributed by atoms with van der Waals surface area (Å²) in [6.45, 7) is 2.74. The molecule has 6 nitrogen and oxygen atoms in total. The molecule has 0 fully saturated rings. The second kappa shape index (κ2) is 9.24. The van der Waals surface area contributed by atoms with Gasteiger partial charge >= 0.3 is 0 Å². The minimum absolute atomic E-state index is 0.187. The number of para-hydroxylation sites is 2. The zero-order valence-electron chi connectivity index (χ0n) is 19.5. The van der Waals surface area contributed by atoms with E-state index < -0.39 is 12.1 Å². The van der Waals surface area contributed by atoms with Crippen LogP contribution in [0.2, 0.25) is 0 Å². The van der Waals surface area contributed by atoms with Gasteiger partial charge in [-0.2, -0.15) is 0 Å². The summed E-state index contributed by atoms with van der Waals surface area (Å²) in [5, 5.41) is 11.6. The fraction of sp³-hybridized carbons (Fsp3) is 0.296. The van der Waals surface area contributed by atoms with Crippen molar-refractivity contribution in [3.05, 3.63) is 77.9 Å². The lowest BCUT2D eigenvalue weighted by Gasteiger charge is -2.48. The summed E-state index contributed by atoms with van der Waals surface area (Å²) in [7, 11) is 3.12. The molecular weight excluding hydrogens is 448 g/mol.